The summed E-state index contributed by atoms with van der Waals surface area (Å²) < 4.78 is 47.5. The molecule has 2 atom stereocenters. The molecule has 2 N–H and O–H groups in total. The van der Waals surface area contributed by atoms with Gasteiger partial charge in [-0.15, -0.1) is 43.1 Å². The second kappa shape index (κ2) is 28.9. The van der Waals surface area contributed by atoms with E-state index in [4.69, 9.17) is 71.1 Å². The van der Waals surface area contributed by atoms with Gasteiger partial charge in [-0.1, -0.05) is 47.5 Å². The molecule has 426 valence electrons. The second-order valence-electron chi connectivity index (χ2n) is 18.1. The topological polar surface area (TPSA) is 252 Å². The number of halogens is 2. The molecule has 0 fully saturated rings. The van der Waals surface area contributed by atoms with Crippen LogP contribution in [0.15, 0.2) is 58.5 Å². The van der Waals surface area contributed by atoms with Gasteiger partial charge in [0.05, 0.1) is 128 Å². The lowest BCUT2D eigenvalue weighted by Crippen LogP contribution is -2.27. The van der Waals surface area contributed by atoms with Crippen molar-refractivity contribution in [2.75, 3.05) is 107 Å². The summed E-state index contributed by atoms with van der Waals surface area (Å²) in [7, 11) is 2.66. The molecule has 26 heteroatoms. The predicted molar refractivity (Wildman–Crippen MR) is 300 cm³/mol. The molecule has 4 aromatic heterocycles. The first kappa shape index (κ1) is 59.8. The van der Waals surface area contributed by atoms with Gasteiger partial charge in [0, 0.05) is 45.4 Å². The monoisotopic (exact) mass is 1180 g/mol. The third kappa shape index (κ3) is 14.6. The molecule has 6 heterocycles. The Morgan fingerprint density at radius 1 is 0.500 bits per heavy atom. The van der Waals surface area contributed by atoms with E-state index in [9.17, 15) is 19.2 Å². The van der Waals surface area contributed by atoms with E-state index >= 15 is 0 Å². The molecule has 22 nitrogen and oxygen atoms in total. The number of methoxy groups -OCH3 is 2. The Hall–Kier alpha value is -6.32. The number of aromatic nitrogens is 6. The van der Waals surface area contributed by atoms with E-state index in [1.165, 1.54) is 36.9 Å². The fourth-order valence-corrected chi connectivity index (χ4v) is 11.6. The normalized spacial score (nSPS) is 14.4. The highest BCUT2D eigenvalue weighted by Gasteiger charge is 2.36. The number of carbonyl (C=O) groups is 4. The van der Waals surface area contributed by atoms with E-state index in [1.807, 2.05) is 61.1 Å². The number of rotatable bonds is 29. The second-order valence-corrected chi connectivity index (χ2v) is 21.0. The van der Waals surface area contributed by atoms with Crippen LogP contribution in [0.1, 0.15) is 101 Å². The van der Waals surface area contributed by atoms with E-state index in [1.54, 1.807) is 24.3 Å². The first-order valence-electron chi connectivity index (χ1n) is 25.8. The van der Waals surface area contributed by atoms with Gasteiger partial charge in [-0.3, -0.25) is 38.3 Å². The van der Waals surface area contributed by atoms with Gasteiger partial charge >= 0.3 is 11.9 Å². The highest BCUT2D eigenvalue weighted by Crippen LogP contribution is 2.42. The minimum absolute atomic E-state index is 0.0396. The molecule has 2 unspecified atom stereocenters. The van der Waals surface area contributed by atoms with E-state index in [2.05, 4.69) is 31.0 Å². The van der Waals surface area contributed by atoms with Crippen molar-refractivity contribution in [2.24, 2.45) is 9.98 Å². The number of ether oxygens (including phenoxy) is 8. The van der Waals surface area contributed by atoms with Crippen LogP contribution in [0.25, 0.3) is 10.0 Å². The summed E-state index contributed by atoms with van der Waals surface area (Å²) in [4.78, 5) is 63.3. The van der Waals surface area contributed by atoms with E-state index in [-0.39, 0.29) is 51.0 Å². The Kier molecular flexibility index (Phi) is 21.6. The Labute approximate surface area is 480 Å². The molecule has 6 aromatic rings. The van der Waals surface area contributed by atoms with Crippen molar-refractivity contribution in [2.45, 2.75) is 52.6 Å². The molecule has 2 aliphatic rings. The van der Waals surface area contributed by atoms with Gasteiger partial charge in [-0.25, -0.2) is 0 Å². The Balaban J connectivity index is 0.663. The summed E-state index contributed by atoms with van der Waals surface area (Å²) in [5.41, 5.74) is 5.70. The summed E-state index contributed by atoms with van der Waals surface area (Å²) in [6.45, 7) is 12.3. The molecule has 0 saturated heterocycles. The van der Waals surface area contributed by atoms with Crippen molar-refractivity contribution in [1.29, 1.82) is 0 Å². The van der Waals surface area contributed by atoms with Crippen LogP contribution in [0.2, 0.25) is 10.0 Å². The zero-order chi connectivity index (χ0) is 56.7. The van der Waals surface area contributed by atoms with Crippen LogP contribution in [0, 0.1) is 27.7 Å². The van der Waals surface area contributed by atoms with Crippen molar-refractivity contribution in [3.05, 3.63) is 125 Å². The lowest BCUT2D eigenvalue weighted by molar-refractivity contribution is -0.142. The number of nitrogens with one attached hydrogen (secondary N) is 2. The molecule has 0 aliphatic carbocycles. The standard InChI is InChI=1S/C54H62Cl2N10O12S2/c1-31-43-45(35-7-11-37(55)12-8-35)59-39(29-41(67)71-5)49-63-61-33(3)65(49)53(43)79-47(31)51(69)57-15-17-73-19-21-75-23-25-77-27-28-78-26-24-76-22-20-74-18-16-58-52(70)48-32(2)44-46(36-9-13-38(56)14-10-36)60-40(30-42(68)72-6)50-64-62-34(4)66(50)54(44)80-48/h7-14,39-40H,15-30H2,1-6H3,(H,57,69)(H,58,70). The molecule has 2 aliphatic heterocycles. The lowest BCUT2D eigenvalue weighted by atomic mass is 9.99. The smallest absolute Gasteiger partial charge is 0.308 e. The maximum atomic E-state index is 13.6. The summed E-state index contributed by atoms with van der Waals surface area (Å²) >= 11 is 15.1. The van der Waals surface area contributed by atoms with Crippen molar-refractivity contribution in [3.63, 3.8) is 0 Å². The van der Waals surface area contributed by atoms with Crippen LogP contribution in [0.5, 0.6) is 0 Å². The average molecular weight is 1180 g/mol. The number of aryl methyl sites for hydroxylation is 2. The molecule has 0 saturated carbocycles. The summed E-state index contributed by atoms with van der Waals surface area (Å²) in [6, 6.07) is 13.2. The number of benzene rings is 2. The minimum Gasteiger partial charge on any atom is -0.469 e. The maximum absolute atomic E-state index is 13.6. The maximum Gasteiger partial charge on any atom is 0.308 e. The third-order valence-electron chi connectivity index (χ3n) is 12.7. The largest absolute Gasteiger partial charge is 0.469 e. The number of hydrogen-bond donors (Lipinski definition) is 2. The van der Waals surface area contributed by atoms with Crippen molar-refractivity contribution < 1.29 is 57.1 Å². The highest BCUT2D eigenvalue weighted by molar-refractivity contribution is 7.17. The quantitative estimate of drug-likeness (QED) is 0.0367. The lowest BCUT2D eigenvalue weighted by Gasteiger charge is -2.12. The van der Waals surface area contributed by atoms with Crippen LogP contribution >= 0.6 is 45.9 Å². The average Bonchev–Trinajstić information content (AvgIpc) is 4.23. The van der Waals surface area contributed by atoms with Crippen molar-refractivity contribution >= 4 is 81.1 Å². The molecule has 80 heavy (non-hydrogen) atoms. The highest BCUT2D eigenvalue weighted by atomic mass is 35.5. The molecular weight excluding hydrogens is 1120 g/mol. The fraction of sp³-hybridized carbons (Fsp3) is 0.444. The number of hydrogen-bond acceptors (Lipinski definition) is 20. The van der Waals surface area contributed by atoms with Gasteiger partial charge in [-0.2, -0.15) is 0 Å². The van der Waals surface area contributed by atoms with Gasteiger partial charge < -0.3 is 48.5 Å². The molecule has 2 amide bonds. The third-order valence-corrected chi connectivity index (χ3v) is 15.8. The minimum atomic E-state index is -0.673. The Bertz CT molecular complexity index is 2980. The van der Waals surface area contributed by atoms with Crippen LogP contribution in [0.4, 0.5) is 0 Å². The summed E-state index contributed by atoms with van der Waals surface area (Å²) in [6.07, 6.45) is -0.0792. The SMILES string of the molecule is COC(=O)CC1N=C(c2ccc(Cl)cc2)c2c(sc(C(=O)NCCOCCOCCOCCOCCOCCOCCNC(=O)c3sc4c(c3C)C(c3ccc(Cl)cc3)=NC(CC(=O)OC)c3nnc(C)n3-4)c2C)-n2c(C)nnc21. The number of thiophene rings is 2. The zero-order valence-electron chi connectivity index (χ0n) is 45.1. The molecule has 0 radical (unpaired) electrons. The number of aliphatic imine (C=N–C) groups is 2. The van der Waals surface area contributed by atoms with Gasteiger partial charge in [0.15, 0.2) is 11.6 Å². The van der Waals surface area contributed by atoms with Crippen LogP contribution < -0.4 is 10.6 Å². The van der Waals surface area contributed by atoms with Crippen molar-refractivity contribution in [3.8, 4) is 10.0 Å². The first-order chi connectivity index (χ1) is 38.8. The number of carbonyl (C=O) groups excluding carboxylic acids is 4. The molecule has 0 spiro atoms. The number of amides is 2. The van der Waals surface area contributed by atoms with Crippen LogP contribution in [0.3, 0.4) is 0 Å². The number of fused-ring (bicyclic) bond motifs is 6. The predicted octanol–water partition coefficient (Wildman–Crippen LogP) is 6.68. The molecule has 0 bridgehead atoms. The van der Waals surface area contributed by atoms with Crippen molar-refractivity contribution in [1.82, 2.24) is 40.2 Å². The van der Waals surface area contributed by atoms with Crippen LogP contribution in [-0.4, -0.2) is 171 Å². The van der Waals surface area contributed by atoms with Gasteiger partial charge in [-0.05, 0) is 63.1 Å². The zero-order valence-corrected chi connectivity index (χ0v) is 48.3. The molecule has 8 rings (SSSR count). The van der Waals surface area contributed by atoms with Crippen LogP contribution in [-0.2, 0) is 47.5 Å². The Morgan fingerprint density at radius 2 is 0.825 bits per heavy atom. The Morgan fingerprint density at radius 3 is 1.15 bits per heavy atom. The van der Waals surface area contributed by atoms with Gasteiger partial charge in [0.1, 0.15) is 33.7 Å². The first-order valence-corrected chi connectivity index (χ1v) is 28.1. The van der Waals surface area contributed by atoms with E-state index in [0.717, 1.165) is 43.4 Å². The number of nitrogens with zero attached hydrogens (tertiary/aromatic N) is 8. The molecular formula is C54H62Cl2N10O12S2. The number of esters is 2. The fourth-order valence-electron chi connectivity index (χ4n) is 8.79. The van der Waals surface area contributed by atoms with E-state index in [0.29, 0.717) is 121 Å². The van der Waals surface area contributed by atoms with Gasteiger partial charge in [0.2, 0.25) is 0 Å². The van der Waals surface area contributed by atoms with E-state index < -0.39 is 24.0 Å². The molecule has 2 aromatic carbocycles. The summed E-state index contributed by atoms with van der Waals surface area (Å²) in [5, 5.41) is 25.9. The van der Waals surface area contributed by atoms with Gasteiger partial charge in [0.25, 0.3) is 11.8 Å². The summed E-state index contributed by atoms with van der Waals surface area (Å²) in [5.74, 6) is 0.748.